The molecule has 0 amide bonds. The van der Waals surface area contributed by atoms with E-state index in [9.17, 15) is 8.42 Å². The second-order valence-corrected chi connectivity index (χ2v) is 16.3. The van der Waals surface area contributed by atoms with Gasteiger partial charge >= 0.3 is 0 Å². The van der Waals surface area contributed by atoms with Crippen molar-refractivity contribution in [2.75, 3.05) is 21.1 Å². The molecule has 4 nitrogen and oxygen atoms in total. The standard InChI is InChI=1S/C20H34NO3SSi/c1-20(2,3)26(7,8)24-17-14-15-18(19(17)21(4,5)6)25(22,23)16-12-10-9-11-13-16/h9-13,15,17,19H,14H2,1-8H3/q+1/t17-,19-/m1/s1. The Morgan fingerprint density at radius 1 is 1.08 bits per heavy atom. The number of nitrogens with zero attached hydrogens (tertiary/aromatic N) is 1. The largest absolute Gasteiger partial charge is 0.407 e. The van der Waals surface area contributed by atoms with E-state index in [1.54, 1.807) is 24.3 Å². The van der Waals surface area contributed by atoms with Crippen molar-refractivity contribution in [3.8, 4) is 0 Å². The molecule has 0 heterocycles. The average molecular weight is 397 g/mol. The number of hydrogen-bond acceptors (Lipinski definition) is 3. The summed E-state index contributed by atoms with van der Waals surface area (Å²) in [6.07, 6.45) is 2.42. The molecule has 0 unspecified atom stereocenters. The monoisotopic (exact) mass is 396 g/mol. The molecule has 1 aromatic carbocycles. The summed E-state index contributed by atoms with van der Waals surface area (Å²) in [5.74, 6) is 0. The Morgan fingerprint density at radius 3 is 2.08 bits per heavy atom. The SMILES string of the molecule is CC(C)(C)[Si](C)(C)O[C@@H]1CC=C(S(=O)(=O)c2ccccc2)[C@@H]1[N+](C)(C)C. The number of hydrogen-bond donors (Lipinski definition) is 0. The van der Waals surface area contributed by atoms with E-state index < -0.39 is 18.2 Å². The van der Waals surface area contributed by atoms with E-state index in [2.05, 4.69) is 33.9 Å². The van der Waals surface area contributed by atoms with Crippen LogP contribution in [-0.4, -0.2) is 54.5 Å². The van der Waals surface area contributed by atoms with Gasteiger partial charge in [0.1, 0.15) is 11.0 Å². The van der Waals surface area contributed by atoms with Gasteiger partial charge in [0.2, 0.25) is 9.84 Å². The number of rotatable bonds is 5. The highest BCUT2D eigenvalue weighted by Crippen LogP contribution is 2.42. The van der Waals surface area contributed by atoms with Crippen LogP contribution in [0.4, 0.5) is 0 Å². The summed E-state index contributed by atoms with van der Waals surface area (Å²) in [5.41, 5.74) is 0. The fourth-order valence-corrected chi connectivity index (χ4v) is 6.44. The van der Waals surface area contributed by atoms with Gasteiger partial charge in [-0.1, -0.05) is 45.0 Å². The molecule has 1 aromatic rings. The highest BCUT2D eigenvalue weighted by Gasteiger charge is 2.49. The van der Waals surface area contributed by atoms with E-state index in [-0.39, 0.29) is 17.2 Å². The zero-order valence-corrected chi connectivity index (χ0v) is 19.2. The topological polar surface area (TPSA) is 43.4 Å². The van der Waals surface area contributed by atoms with Crippen LogP contribution in [-0.2, 0) is 14.3 Å². The molecule has 0 bridgehead atoms. The van der Waals surface area contributed by atoms with Crippen molar-refractivity contribution in [3.05, 3.63) is 41.3 Å². The molecule has 0 aromatic heterocycles. The molecule has 6 heteroatoms. The Morgan fingerprint density at radius 2 is 1.62 bits per heavy atom. The quantitative estimate of drug-likeness (QED) is 0.553. The van der Waals surface area contributed by atoms with Crippen molar-refractivity contribution in [1.82, 2.24) is 0 Å². The zero-order chi connectivity index (χ0) is 20.0. The van der Waals surface area contributed by atoms with Crippen LogP contribution in [0.25, 0.3) is 0 Å². The molecule has 0 fully saturated rings. The van der Waals surface area contributed by atoms with E-state index in [1.165, 1.54) is 0 Å². The maximum atomic E-state index is 13.3. The minimum absolute atomic E-state index is 0.0868. The first kappa shape index (κ1) is 21.3. The molecule has 2 rings (SSSR count). The fraction of sp³-hybridized carbons (Fsp3) is 0.600. The number of likely N-dealkylation sites (N-methyl/N-ethyl adjacent to an activating group) is 1. The minimum atomic E-state index is -3.51. The molecule has 0 N–H and O–H groups in total. The molecule has 0 aliphatic heterocycles. The fourth-order valence-electron chi connectivity index (χ4n) is 3.22. The maximum Gasteiger partial charge on any atom is 0.208 e. The molecule has 1 aliphatic rings. The van der Waals surface area contributed by atoms with Gasteiger partial charge in [0.15, 0.2) is 14.4 Å². The van der Waals surface area contributed by atoms with Gasteiger partial charge in [0, 0.05) is 0 Å². The molecule has 2 atom stereocenters. The summed E-state index contributed by atoms with van der Waals surface area (Å²) < 4.78 is 33.7. The van der Waals surface area contributed by atoms with Crippen LogP contribution in [0.5, 0.6) is 0 Å². The Labute approximate surface area is 160 Å². The van der Waals surface area contributed by atoms with Crippen LogP contribution in [0.15, 0.2) is 46.2 Å². The van der Waals surface area contributed by atoms with Gasteiger partial charge < -0.3 is 8.91 Å². The summed E-state index contributed by atoms with van der Waals surface area (Å²) in [6, 6.07) is 8.52. The Bertz CT molecular complexity index is 772. The van der Waals surface area contributed by atoms with Crippen LogP contribution >= 0.6 is 0 Å². The van der Waals surface area contributed by atoms with Gasteiger partial charge in [0.05, 0.1) is 26.0 Å². The Kier molecular flexibility index (Phi) is 5.66. The summed E-state index contributed by atoms with van der Waals surface area (Å²) in [5, 5.41) is 0.0868. The van der Waals surface area contributed by atoms with Gasteiger partial charge in [-0.15, -0.1) is 0 Å². The first-order valence-corrected chi connectivity index (χ1v) is 13.6. The molecule has 0 saturated heterocycles. The van der Waals surface area contributed by atoms with E-state index >= 15 is 0 Å². The molecular weight excluding hydrogens is 362 g/mol. The second kappa shape index (κ2) is 6.89. The third-order valence-electron chi connectivity index (χ3n) is 5.65. The lowest BCUT2D eigenvalue weighted by Gasteiger charge is -2.43. The van der Waals surface area contributed by atoms with E-state index in [0.29, 0.717) is 20.7 Å². The highest BCUT2D eigenvalue weighted by atomic mass is 32.2. The Balaban J connectivity index is 2.42. The molecule has 0 radical (unpaired) electrons. The summed E-state index contributed by atoms with van der Waals surface area (Å²) >= 11 is 0. The smallest absolute Gasteiger partial charge is 0.208 e. The maximum absolute atomic E-state index is 13.3. The van der Waals surface area contributed by atoms with Crippen molar-refractivity contribution in [2.45, 2.75) is 62.4 Å². The van der Waals surface area contributed by atoms with Gasteiger partial charge in [-0.3, -0.25) is 0 Å². The predicted molar refractivity (Wildman–Crippen MR) is 110 cm³/mol. The van der Waals surface area contributed by atoms with Crippen LogP contribution in [0, 0.1) is 0 Å². The lowest BCUT2D eigenvalue weighted by molar-refractivity contribution is -0.892. The van der Waals surface area contributed by atoms with Crippen molar-refractivity contribution in [2.24, 2.45) is 0 Å². The second-order valence-electron chi connectivity index (χ2n) is 9.64. The highest BCUT2D eigenvalue weighted by molar-refractivity contribution is 7.95. The van der Waals surface area contributed by atoms with E-state index in [1.807, 2.05) is 33.3 Å². The van der Waals surface area contributed by atoms with E-state index in [0.717, 1.165) is 0 Å². The molecule has 26 heavy (non-hydrogen) atoms. The van der Waals surface area contributed by atoms with Gasteiger partial charge in [0.25, 0.3) is 0 Å². The molecule has 1 aliphatic carbocycles. The van der Waals surface area contributed by atoms with Crippen LogP contribution in [0.2, 0.25) is 18.1 Å². The molecule has 0 saturated carbocycles. The van der Waals surface area contributed by atoms with Crippen LogP contribution in [0.3, 0.4) is 0 Å². The Hall–Kier alpha value is -0.953. The van der Waals surface area contributed by atoms with Crippen molar-refractivity contribution >= 4 is 18.2 Å². The molecule has 0 spiro atoms. The number of quaternary nitrogens is 1. The van der Waals surface area contributed by atoms with Gasteiger partial charge in [-0.05, 0) is 36.7 Å². The van der Waals surface area contributed by atoms with Crippen LogP contribution in [0.1, 0.15) is 27.2 Å². The minimum Gasteiger partial charge on any atom is -0.407 e. The lowest BCUT2D eigenvalue weighted by atomic mass is 10.1. The third-order valence-corrected chi connectivity index (χ3v) is 12.1. The number of sulfone groups is 1. The van der Waals surface area contributed by atoms with Crippen molar-refractivity contribution in [3.63, 3.8) is 0 Å². The zero-order valence-electron chi connectivity index (χ0n) is 17.4. The first-order valence-electron chi connectivity index (χ1n) is 9.17. The first-order chi connectivity index (χ1) is 11.7. The van der Waals surface area contributed by atoms with Crippen LogP contribution < -0.4 is 0 Å². The van der Waals surface area contributed by atoms with Crippen molar-refractivity contribution < 1.29 is 17.3 Å². The molecule has 146 valence electrons. The van der Waals surface area contributed by atoms with Gasteiger partial charge in [-0.2, -0.15) is 0 Å². The number of benzene rings is 1. The summed E-state index contributed by atoms with van der Waals surface area (Å²) in [7, 11) is 0.633. The summed E-state index contributed by atoms with van der Waals surface area (Å²) in [4.78, 5) is 0.859. The molecular formula is C20H34NO3SSi+. The third kappa shape index (κ3) is 4.14. The van der Waals surface area contributed by atoms with E-state index in [4.69, 9.17) is 4.43 Å². The summed E-state index contributed by atoms with van der Waals surface area (Å²) in [6.45, 7) is 11.1. The van der Waals surface area contributed by atoms with Crippen molar-refractivity contribution in [1.29, 1.82) is 0 Å². The normalized spacial score (nSPS) is 22.4. The predicted octanol–water partition coefficient (Wildman–Crippen LogP) is 4.21. The van der Waals surface area contributed by atoms with Gasteiger partial charge in [-0.25, -0.2) is 8.42 Å². The average Bonchev–Trinajstić information content (AvgIpc) is 2.91. The lowest BCUT2D eigenvalue weighted by Crippen LogP contribution is -2.56.